The Hall–Kier alpha value is -0.590. The van der Waals surface area contributed by atoms with Gasteiger partial charge in [0.2, 0.25) is 0 Å². The number of rotatable bonds is 5. The van der Waals surface area contributed by atoms with E-state index in [4.69, 9.17) is 5.26 Å². The van der Waals surface area contributed by atoms with Crippen LogP contribution in [0.3, 0.4) is 0 Å². The first-order chi connectivity index (χ1) is 5.45. The lowest BCUT2D eigenvalue weighted by Gasteiger charge is -2.24. The molecule has 0 radical (unpaired) electrons. The van der Waals surface area contributed by atoms with Crippen molar-refractivity contribution in [3.63, 3.8) is 0 Å². The fraction of sp³-hybridized carbons (Fsp3) is 0.889. The molecule has 0 amide bonds. The van der Waals surface area contributed by atoms with Gasteiger partial charge in [-0.3, -0.25) is 0 Å². The lowest BCUT2D eigenvalue weighted by atomic mass is 10.1. The summed E-state index contributed by atoms with van der Waals surface area (Å²) in [6.45, 7) is 5.09. The normalized spacial score (nSPS) is 11.7. The van der Waals surface area contributed by atoms with Crippen LogP contribution in [0.5, 0.6) is 0 Å². The van der Waals surface area contributed by atoms with Crippen molar-refractivity contribution >= 4 is 0 Å². The van der Waals surface area contributed by atoms with E-state index < -0.39 is 5.60 Å². The van der Waals surface area contributed by atoms with E-state index in [1.165, 1.54) is 0 Å². The van der Waals surface area contributed by atoms with E-state index in [2.05, 4.69) is 6.07 Å². The van der Waals surface area contributed by atoms with Crippen LogP contribution in [0.25, 0.3) is 0 Å². The van der Waals surface area contributed by atoms with Crippen LogP contribution >= 0.6 is 0 Å². The van der Waals surface area contributed by atoms with Gasteiger partial charge in [0.05, 0.1) is 11.7 Å². The van der Waals surface area contributed by atoms with Gasteiger partial charge in [-0.1, -0.05) is 0 Å². The molecule has 0 saturated carbocycles. The molecule has 0 aliphatic heterocycles. The molecule has 1 N–H and O–H groups in total. The van der Waals surface area contributed by atoms with Gasteiger partial charge in [-0.2, -0.15) is 5.26 Å². The first-order valence-corrected chi connectivity index (χ1v) is 4.23. The molecule has 0 fully saturated rings. The average Bonchev–Trinajstić information content (AvgIpc) is 1.84. The number of hydrogen-bond acceptors (Lipinski definition) is 3. The molecule has 0 heterocycles. The second-order valence-corrected chi connectivity index (χ2v) is 3.81. The second kappa shape index (κ2) is 5.13. The number of nitrogens with zero attached hydrogens (tertiary/aromatic N) is 2. The minimum atomic E-state index is -0.638. The van der Waals surface area contributed by atoms with E-state index in [1.54, 1.807) is 13.8 Å². The van der Waals surface area contributed by atoms with E-state index in [1.807, 2.05) is 11.9 Å². The minimum Gasteiger partial charge on any atom is -0.389 e. The van der Waals surface area contributed by atoms with Crippen molar-refractivity contribution in [2.24, 2.45) is 0 Å². The summed E-state index contributed by atoms with van der Waals surface area (Å²) in [7, 11) is 1.95. The molecule has 3 heteroatoms. The Kier molecular flexibility index (Phi) is 4.87. The molecule has 0 saturated heterocycles. The highest BCUT2D eigenvalue weighted by Crippen LogP contribution is 2.03. The van der Waals surface area contributed by atoms with Crippen molar-refractivity contribution < 1.29 is 5.11 Å². The summed E-state index contributed by atoms with van der Waals surface area (Å²) >= 11 is 0. The Labute approximate surface area is 74.6 Å². The minimum absolute atomic E-state index is 0.593. The highest BCUT2D eigenvalue weighted by Gasteiger charge is 2.14. The van der Waals surface area contributed by atoms with Gasteiger partial charge in [0, 0.05) is 13.0 Å². The fourth-order valence-electron chi connectivity index (χ4n) is 1.17. The second-order valence-electron chi connectivity index (χ2n) is 3.81. The van der Waals surface area contributed by atoms with Crippen LogP contribution in [0, 0.1) is 11.3 Å². The zero-order valence-electron chi connectivity index (χ0n) is 8.17. The molecule has 3 nitrogen and oxygen atoms in total. The molecule has 0 atom stereocenters. The Bertz CT molecular complexity index is 155. The molecule has 0 aromatic heterocycles. The van der Waals surface area contributed by atoms with E-state index in [0.717, 1.165) is 13.0 Å². The van der Waals surface area contributed by atoms with E-state index >= 15 is 0 Å². The maximum absolute atomic E-state index is 9.44. The summed E-state index contributed by atoms with van der Waals surface area (Å²) in [5.74, 6) is 0. The van der Waals surface area contributed by atoms with Crippen molar-refractivity contribution in [3.05, 3.63) is 0 Å². The quantitative estimate of drug-likeness (QED) is 0.626. The van der Waals surface area contributed by atoms with E-state index in [0.29, 0.717) is 13.0 Å². The lowest BCUT2D eigenvalue weighted by Crippen LogP contribution is -2.36. The molecule has 0 spiro atoms. The predicted octanol–water partition coefficient (Wildman–Crippen LogP) is 0.993. The van der Waals surface area contributed by atoms with E-state index in [-0.39, 0.29) is 0 Å². The lowest BCUT2D eigenvalue weighted by molar-refractivity contribution is 0.0445. The SMILES string of the molecule is CN(CCCC#N)CC(C)(C)O. The van der Waals surface area contributed by atoms with Gasteiger partial charge in [0.15, 0.2) is 0 Å². The molecule has 0 aliphatic carbocycles. The van der Waals surface area contributed by atoms with Gasteiger partial charge in [-0.15, -0.1) is 0 Å². The maximum atomic E-state index is 9.44. The largest absolute Gasteiger partial charge is 0.389 e. The van der Waals surface area contributed by atoms with Crippen molar-refractivity contribution in [1.29, 1.82) is 5.26 Å². The van der Waals surface area contributed by atoms with Crippen LogP contribution in [0.15, 0.2) is 0 Å². The number of likely N-dealkylation sites (N-methyl/N-ethyl adjacent to an activating group) is 1. The Balaban J connectivity index is 3.48. The number of unbranched alkanes of at least 4 members (excludes halogenated alkanes) is 1. The molecular formula is C9H18N2O. The number of nitriles is 1. The fourth-order valence-corrected chi connectivity index (χ4v) is 1.17. The summed E-state index contributed by atoms with van der Waals surface area (Å²) in [5, 5.41) is 17.7. The molecule has 70 valence electrons. The predicted molar refractivity (Wildman–Crippen MR) is 48.6 cm³/mol. The van der Waals surface area contributed by atoms with Crippen molar-refractivity contribution in [1.82, 2.24) is 4.90 Å². The zero-order chi connectivity index (χ0) is 9.61. The molecule has 12 heavy (non-hydrogen) atoms. The van der Waals surface area contributed by atoms with Crippen LogP contribution < -0.4 is 0 Å². The molecule has 0 aromatic rings. The highest BCUT2D eigenvalue weighted by molar-refractivity contribution is 4.72. The average molecular weight is 170 g/mol. The molecule has 0 aromatic carbocycles. The highest BCUT2D eigenvalue weighted by atomic mass is 16.3. The van der Waals surface area contributed by atoms with Gasteiger partial charge >= 0.3 is 0 Å². The number of aliphatic hydroxyl groups is 1. The Morgan fingerprint density at radius 2 is 2.08 bits per heavy atom. The third-order valence-electron chi connectivity index (χ3n) is 1.49. The van der Waals surface area contributed by atoms with Crippen LogP contribution in [0.4, 0.5) is 0 Å². The van der Waals surface area contributed by atoms with Gasteiger partial charge in [-0.05, 0) is 33.9 Å². The van der Waals surface area contributed by atoms with Gasteiger partial charge in [0.1, 0.15) is 0 Å². The smallest absolute Gasteiger partial charge is 0.0718 e. The molecule has 0 unspecified atom stereocenters. The van der Waals surface area contributed by atoms with Crippen molar-refractivity contribution in [2.45, 2.75) is 32.3 Å². The number of hydrogen-bond donors (Lipinski definition) is 1. The molecule has 0 aliphatic rings. The molecule has 0 bridgehead atoms. The van der Waals surface area contributed by atoms with Gasteiger partial charge in [-0.25, -0.2) is 0 Å². The molecule has 0 rings (SSSR count). The monoisotopic (exact) mass is 170 g/mol. The first kappa shape index (κ1) is 11.4. The summed E-state index contributed by atoms with van der Waals surface area (Å²) < 4.78 is 0. The summed E-state index contributed by atoms with van der Waals surface area (Å²) in [6.07, 6.45) is 1.47. The topological polar surface area (TPSA) is 47.3 Å². The van der Waals surface area contributed by atoms with Crippen LogP contribution in [0.1, 0.15) is 26.7 Å². The third kappa shape index (κ3) is 7.52. The van der Waals surface area contributed by atoms with Crippen molar-refractivity contribution in [3.8, 4) is 6.07 Å². The summed E-state index contributed by atoms with van der Waals surface area (Å²) in [4.78, 5) is 2.04. The standard InChI is InChI=1S/C9H18N2O/c1-9(2,12)8-11(3)7-5-4-6-10/h12H,4-5,7-8H2,1-3H3. The van der Waals surface area contributed by atoms with Crippen LogP contribution in [0.2, 0.25) is 0 Å². The first-order valence-electron chi connectivity index (χ1n) is 4.23. The summed E-state index contributed by atoms with van der Waals surface area (Å²) in [6, 6.07) is 2.10. The third-order valence-corrected chi connectivity index (χ3v) is 1.49. The van der Waals surface area contributed by atoms with Crippen LogP contribution in [-0.4, -0.2) is 35.7 Å². The Morgan fingerprint density at radius 3 is 2.50 bits per heavy atom. The summed E-state index contributed by atoms with van der Waals surface area (Å²) in [5.41, 5.74) is -0.638. The maximum Gasteiger partial charge on any atom is 0.0718 e. The Morgan fingerprint density at radius 1 is 1.50 bits per heavy atom. The van der Waals surface area contributed by atoms with Gasteiger partial charge < -0.3 is 10.0 Å². The van der Waals surface area contributed by atoms with Gasteiger partial charge in [0.25, 0.3) is 0 Å². The van der Waals surface area contributed by atoms with E-state index in [9.17, 15) is 5.11 Å². The van der Waals surface area contributed by atoms with Crippen LogP contribution in [-0.2, 0) is 0 Å². The zero-order valence-corrected chi connectivity index (χ0v) is 8.17. The molecular weight excluding hydrogens is 152 g/mol. The van der Waals surface area contributed by atoms with Crippen molar-refractivity contribution in [2.75, 3.05) is 20.1 Å².